The third-order valence-corrected chi connectivity index (χ3v) is 6.20. The molecule has 0 aliphatic heterocycles. The van der Waals surface area contributed by atoms with Gasteiger partial charge in [-0.1, -0.05) is 41.9 Å². The Morgan fingerprint density at radius 1 is 0.966 bits per heavy atom. The summed E-state index contributed by atoms with van der Waals surface area (Å²) in [4.78, 5) is 12.4. The van der Waals surface area contributed by atoms with Crippen LogP contribution in [0.15, 0.2) is 88.9 Å². The van der Waals surface area contributed by atoms with Gasteiger partial charge in [0, 0.05) is 17.6 Å². The van der Waals surface area contributed by atoms with Crippen LogP contribution in [0.1, 0.15) is 15.9 Å². The van der Waals surface area contributed by atoms with Gasteiger partial charge in [0.1, 0.15) is 0 Å². The first kappa shape index (κ1) is 20.6. The molecule has 0 heterocycles. The van der Waals surface area contributed by atoms with Crippen LogP contribution in [-0.4, -0.2) is 27.6 Å². The van der Waals surface area contributed by atoms with Crippen molar-refractivity contribution in [2.75, 3.05) is 11.4 Å². The third kappa shape index (κ3) is 5.01. The Balaban J connectivity index is 1.67. The number of carbonyl (C=O) groups excluding carboxylic acids is 1. The highest BCUT2D eigenvalue weighted by Gasteiger charge is 2.21. The summed E-state index contributed by atoms with van der Waals surface area (Å²) in [5, 5.41) is 4.53. The van der Waals surface area contributed by atoms with Gasteiger partial charge in [-0.05, 0) is 54.1 Å². The molecular weight excluding hydrogens is 410 g/mol. The van der Waals surface area contributed by atoms with Crippen molar-refractivity contribution in [1.82, 2.24) is 5.43 Å². The van der Waals surface area contributed by atoms with Gasteiger partial charge < -0.3 is 0 Å². The van der Waals surface area contributed by atoms with E-state index in [-0.39, 0.29) is 4.90 Å². The van der Waals surface area contributed by atoms with E-state index >= 15 is 0 Å². The zero-order valence-corrected chi connectivity index (χ0v) is 17.1. The number of hydrogen-bond acceptors (Lipinski definition) is 4. The van der Waals surface area contributed by atoms with Crippen molar-refractivity contribution in [3.63, 3.8) is 0 Å². The van der Waals surface area contributed by atoms with Gasteiger partial charge in [-0.2, -0.15) is 5.10 Å². The summed E-state index contributed by atoms with van der Waals surface area (Å²) in [6.07, 6.45) is 1.50. The third-order valence-electron chi connectivity index (χ3n) is 4.14. The monoisotopic (exact) mass is 427 g/mol. The minimum atomic E-state index is -3.67. The average Bonchev–Trinajstić information content (AvgIpc) is 2.75. The molecule has 0 atom stereocenters. The fourth-order valence-electron chi connectivity index (χ4n) is 2.49. The van der Waals surface area contributed by atoms with Gasteiger partial charge in [0.25, 0.3) is 15.9 Å². The first-order valence-electron chi connectivity index (χ1n) is 8.61. The van der Waals surface area contributed by atoms with E-state index in [0.717, 1.165) is 5.56 Å². The van der Waals surface area contributed by atoms with Crippen LogP contribution in [0.5, 0.6) is 0 Å². The van der Waals surface area contributed by atoms with Crippen LogP contribution >= 0.6 is 11.6 Å². The van der Waals surface area contributed by atoms with Crippen molar-refractivity contribution >= 4 is 39.4 Å². The van der Waals surface area contributed by atoms with Gasteiger partial charge in [0.2, 0.25) is 0 Å². The van der Waals surface area contributed by atoms with Gasteiger partial charge in [0.15, 0.2) is 0 Å². The highest BCUT2D eigenvalue weighted by Crippen LogP contribution is 2.22. The molecule has 3 aromatic rings. The maximum Gasteiger partial charge on any atom is 0.271 e. The number of sulfonamides is 1. The van der Waals surface area contributed by atoms with Crippen LogP contribution in [0.3, 0.4) is 0 Å². The molecule has 0 fully saturated rings. The second kappa shape index (κ2) is 8.89. The molecule has 0 bridgehead atoms. The molecule has 0 saturated heterocycles. The van der Waals surface area contributed by atoms with Crippen LogP contribution in [0.25, 0.3) is 0 Å². The molecule has 29 heavy (non-hydrogen) atoms. The molecule has 0 radical (unpaired) electrons. The van der Waals surface area contributed by atoms with Gasteiger partial charge >= 0.3 is 0 Å². The molecule has 1 amide bonds. The predicted octanol–water partition coefficient (Wildman–Crippen LogP) is 3.93. The lowest BCUT2D eigenvalue weighted by molar-refractivity contribution is 0.0955. The van der Waals surface area contributed by atoms with Crippen LogP contribution in [0.2, 0.25) is 5.02 Å². The van der Waals surface area contributed by atoms with Crippen molar-refractivity contribution in [2.24, 2.45) is 5.10 Å². The van der Waals surface area contributed by atoms with Gasteiger partial charge in [-0.3, -0.25) is 9.10 Å². The fourth-order valence-corrected chi connectivity index (χ4v) is 3.83. The SMILES string of the molecule is CN(c1ccc(C(=O)NN=Cc2ccc(Cl)cc2)cc1)S(=O)(=O)c1ccccc1. The Kier molecular flexibility index (Phi) is 6.31. The highest BCUT2D eigenvalue weighted by molar-refractivity contribution is 7.92. The molecular formula is C21H18ClN3O3S. The standard InChI is InChI=1S/C21H18ClN3O3S/c1-25(29(27,28)20-5-3-2-4-6-20)19-13-9-17(10-14-19)21(26)24-23-15-16-7-11-18(22)12-8-16/h2-15H,1H3,(H,24,26). The summed E-state index contributed by atoms with van der Waals surface area (Å²) >= 11 is 5.82. The molecule has 0 aromatic heterocycles. The first-order valence-corrected chi connectivity index (χ1v) is 10.4. The maximum absolute atomic E-state index is 12.7. The molecule has 0 spiro atoms. The number of halogens is 1. The number of amides is 1. The number of hydrazone groups is 1. The summed E-state index contributed by atoms with van der Waals surface area (Å²) in [6.45, 7) is 0. The Morgan fingerprint density at radius 2 is 1.59 bits per heavy atom. The van der Waals surface area contributed by atoms with Crippen molar-refractivity contribution in [1.29, 1.82) is 0 Å². The number of nitrogens with one attached hydrogen (secondary N) is 1. The Bertz CT molecular complexity index is 1110. The highest BCUT2D eigenvalue weighted by atomic mass is 35.5. The maximum atomic E-state index is 12.7. The summed E-state index contributed by atoms with van der Waals surface area (Å²) < 4.78 is 26.5. The Morgan fingerprint density at radius 3 is 2.21 bits per heavy atom. The van der Waals surface area contributed by atoms with Crippen LogP contribution < -0.4 is 9.73 Å². The summed E-state index contributed by atoms with van der Waals surface area (Å²) in [6, 6.07) is 21.4. The smallest absolute Gasteiger partial charge is 0.269 e. The predicted molar refractivity (Wildman–Crippen MR) is 115 cm³/mol. The minimum Gasteiger partial charge on any atom is -0.269 e. The van der Waals surface area contributed by atoms with E-state index in [0.29, 0.717) is 16.3 Å². The van der Waals surface area contributed by atoms with E-state index in [1.54, 1.807) is 66.7 Å². The zero-order valence-electron chi connectivity index (χ0n) is 15.5. The summed E-state index contributed by atoms with van der Waals surface area (Å²) in [7, 11) is -2.21. The first-order chi connectivity index (χ1) is 13.9. The van der Waals surface area contributed by atoms with E-state index in [9.17, 15) is 13.2 Å². The molecule has 0 aliphatic rings. The quantitative estimate of drug-likeness (QED) is 0.478. The lowest BCUT2D eigenvalue weighted by Gasteiger charge is -2.19. The molecule has 8 heteroatoms. The van der Waals surface area contributed by atoms with E-state index in [4.69, 9.17) is 11.6 Å². The van der Waals surface area contributed by atoms with Crippen LogP contribution in [0, 0.1) is 0 Å². The second-order valence-electron chi connectivity index (χ2n) is 6.08. The number of carbonyl (C=O) groups is 1. The Hall–Kier alpha value is -3.16. The number of benzene rings is 3. The normalized spacial score (nSPS) is 11.4. The number of anilines is 1. The number of nitrogens with zero attached hydrogens (tertiary/aromatic N) is 2. The second-order valence-corrected chi connectivity index (χ2v) is 8.49. The molecule has 0 aliphatic carbocycles. The van der Waals surface area contributed by atoms with Crippen LogP contribution in [-0.2, 0) is 10.0 Å². The molecule has 1 N–H and O–H groups in total. The topological polar surface area (TPSA) is 78.8 Å². The minimum absolute atomic E-state index is 0.195. The summed E-state index contributed by atoms with van der Waals surface area (Å²) in [5.74, 6) is -0.407. The van der Waals surface area contributed by atoms with Crippen molar-refractivity contribution < 1.29 is 13.2 Å². The fraction of sp³-hybridized carbons (Fsp3) is 0.0476. The lowest BCUT2D eigenvalue weighted by Crippen LogP contribution is -2.26. The summed E-state index contributed by atoms with van der Waals surface area (Å²) in [5.41, 5.74) is 4.02. The van der Waals surface area contributed by atoms with Crippen molar-refractivity contribution in [3.05, 3.63) is 95.0 Å². The van der Waals surface area contributed by atoms with Crippen LogP contribution in [0.4, 0.5) is 5.69 Å². The number of hydrogen-bond donors (Lipinski definition) is 1. The zero-order chi connectivity index (χ0) is 20.9. The van der Waals surface area contributed by atoms with Gasteiger partial charge in [-0.15, -0.1) is 0 Å². The van der Waals surface area contributed by atoms with Gasteiger partial charge in [0.05, 0.1) is 16.8 Å². The number of rotatable bonds is 6. The van der Waals surface area contributed by atoms with E-state index in [1.807, 2.05) is 0 Å². The molecule has 3 rings (SSSR count). The van der Waals surface area contributed by atoms with E-state index in [1.165, 1.54) is 29.7 Å². The van der Waals surface area contributed by atoms with Gasteiger partial charge in [-0.25, -0.2) is 13.8 Å². The molecule has 148 valence electrons. The van der Waals surface area contributed by atoms with Crippen molar-refractivity contribution in [3.8, 4) is 0 Å². The Labute approximate surface area is 174 Å². The molecule has 0 saturated carbocycles. The average molecular weight is 428 g/mol. The molecule has 3 aromatic carbocycles. The lowest BCUT2D eigenvalue weighted by atomic mass is 10.2. The van der Waals surface area contributed by atoms with E-state index < -0.39 is 15.9 Å². The van der Waals surface area contributed by atoms with Crippen molar-refractivity contribution in [2.45, 2.75) is 4.90 Å². The molecule has 6 nitrogen and oxygen atoms in total. The molecule has 0 unspecified atom stereocenters. The van der Waals surface area contributed by atoms with E-state index in [2.05, 4.69) is 10.5 Å². The largest absolute Gasteiger partial charge is 0.271 e.